The number of nitrogens with one attached hydrogen (secondary N) is 1. The summed E-state index contributed by atoms with van der Waals surface area (Å²) in [7, 11) is 0. The second-order valence-corrected chi connectivity index (χ2v) is 5.94. The third kappa shape index (κ3) is 4.87. The molecule has 0 heterocycles. The minimum atomic E-state index is -4.78. The molecule has 1 aromatic carbocycles. The number of anilines is 1. The number of amides is 1. The average Bonchev–Trinajstić information content (AvgIpc) is 2.48. The first-order chi connectivity index (χ1) is 11.2. The van der Waals surface area contributed by atoms with Crippen LogP contribution in [0.5, 0.6) is 5.75 Å². The highest BCUT2D eigenvalue weighted by Gasteiger charge is 2.41. The van der Waals surface area contributed by atoms with Crippen molar-refractivity contribution in [1.82, 2.24) is 0 Å². The molecule has 1 saturated carbocycles. The molecule has 1 aliphatic rings. The van der Waals surface area contributed by atoms with Crippen molar-refractivity contribution in [3.05, 3.63) is 24.3 Å². The number of carboxylic acid groups (broad SMARTS) is 1. The van der Waals surface area contributed by atoms with Crippen molar-refractivity contribution in [1.29, 1.82) is 0 Å². The SMILES string of the molecule is O=C(CC1(C(=O)O)CCCCC1)Nc1ccc(OC(F)(F)F)cc1. The minimum Gasteiger partial charge on any atom is -0.481 e. The van der Waals surface area contributed by atoms with Crippen molar-refractivity contribution in [2.24, 2.45) is 5.41 Å². The number of aliphatic carboxylic acids is 1. The van der Waals surface area contributed by atoms with E-state index in [0.29, 0.717) is 12.8 Å². The maximum atomic E-state index is 12.1. The van der Waals surface area contributed by atoms with Gasteiger partial charge in [0, 0.05) is 12.1 Å². The summed E-state index contributed by atoms with van der Waals surface area (Å²) in [6.45, 7) is 0. The summed E-state index contributed by atoms with van der Waals surface area (Å²) < 4.78 is 40.0. The normalized spacial score (nSPS) is 17.1. The van der Waals surface area contributed by atoms with Crippen molar-refractivity contribution in [2.75, 3.05) is 5.32 Å². The standard InChI is InChI=1S/C16H18F3NO4/c17-16(18,19)24-12-6-4-11(5-7-12)20-13(21)10-15(14(22)23)8-2-1-3-9-15/h4-7H,1-3,8-10H2,(H,20,21)(H,22,23). The lowest BCUT2D eigenvalue weighted by molar-refractivity contribution is -0.274. The maximum Gasteiger partial charge on any atom is 0.573 e. The number of ether oxygens (including phenoxy) is 1. The van der Waals surface area contributed by atoms with Crippen LogP contribution in [0.4, 0.5) is 18.9 Å². The van der Waals surface area contributed by atoms with Gasteiger partial charge in [-0.25, -0.2) is 0 Å². The fourth-order valence-corrected chi connectivity index (χ4v) is 2.95. The highest BCUT2D eigenvalue weighted by molar-refractivity contribution is 5.94. The fraction of sp³-hybridized carbons (Fsp3) is 0.500. The number of alkyl halides is 3. The first kappa shape index (κ1) is 18.1. The van der Waals surface area contributed by atoms with Gasteiger partial charge in [-0.1, -0.05) is 19.3 Å². The van der Waals surface area contributed by atoms with Gasteiger partial charge in [0.15, 0.2) is 0 Å². The van der Waals surface area contributed by atoms with Crippen LogP contribution in [0, 0.1) is 5.41 Å². The molecule has 5 nitrogen and oxygen atoms in total. The Morgan fingerprint density at radius 3 is 2.21 bits per heavy atom. The van der Waals surface area contributed by atoms with E-state index in [4.69, 9.17) is 0 Å². The van der Waals surface area contributed by atoms with Gasteiger partial charge in [0.1, 0.15) is 5.75 Å². The van der Waals surface area contributed by atoms with Gasteiger partial charge in [-0.3, -0.25) is 9.59 Å². The van der Waals surface area contributed by atoms with E-state index >= 15 is 0 Å². The predicted molar refractivity (Wildman–Crippen MR) is 79.5 cm³/mol. The molecule has 2 rings (SSSR count). The Labute approximate surface area is 136 Å². The number of carboxylic acids is 1. The molecule has 8 heteroatoms. The van der Waals surface area contributed by atoms with E-state index in [2.05, 4.69) is 10.1 Å². The monoisotopic (exact) mass is 345 g/mol. The van der Waals surface area contributed by atoms with Gasteiger partial charge in [-0.2, -0.15) is 0 Å². The van der Waals surface area contributed by atoms with E-state index in [0.717, 1.165) is 31.4 Å². The number of carbonyl (C=O) groups is 2. The predicted octanol–water partition coefficient (Wildman–Crippen LogP) is 3.95. The van der Waals surface area contributed by atoms with Crippen LogP contribution in [0.25, 0.3) is 0 Å². The third-order valence-corrected chi connectivity index (χ3v) is 4.13. The summed E-state index contributed by atoms with van der Waals surface area (Å²) in [5.74, 6) is -1.84. The lowest BCUT2D eigenvalue weighted by Crippen LogP contribution is -2.37. The first-order valence-corrected chi connectivity index (χ1v) is 7.59. The van der Waals surface area contributed by atoms with E-state index < -0.39 is 29.4 Å². The molecule has 0 aromatic heterocycles. The number of hydrogen-bond donors (Lipinski definition) is 2. The van der Waals surface area contributed by atoms with Gasteiger partial charge < -0.3 is 15.2 Å². The molecule has 0 aliphatic heterocycles. The van der Waals surface area contributed by atoms with Crippen LogP contribution in [0.15, 0.2) is 24.3 Å². The first-order valence-electron chi connectivity index (χ1n) is 7.59. The molecule has 0 unspecified atom stereocenters. The molecule has 1 aliphatic carbocycles. The molecule has 1 amide bonds. The van der Waals surface area contributed by atoms with Gasteiger partial charge in [0.25, 0.3) is 0 Å². The van der Waals surface area contributed by atoms with E-state index in [-0.39, 0.29) is 12.1 Å². The Balaban J connectivity index is 1.97. The Morgan fingerprint density at radius 1 is 1.12 bits per heavy atom. The molecule has 0 radical (unpaired) electrons. The molecule has 0 bridgehead atoms. The summed E-state index contributed by atoms with van der Waals surface area (Å²) in [6.07, 6.45) is -1.53. The van der Waals surface area contributed by atoms with Crippen LogP contribution in [0.1, 0.15) is 38.5 Å². The Morgan fingerprint density at radius 2 is 1.71 bits per heavy atom. The van der Waals surface area contributed by atoms with Gasteiger partial charge in [-0.15, -0.1) is 13.2 Å². The fourth-order valence-electron chi connectivity index (χ4n) is 2.95. The number of carbonyl (C=O) groups excluding carboxylic acids is 1. The minimum absolute atomic E-state index is 0.150. The molecule has 132 valence electrons. The number of benzene rings is 1. The maximum absolute atomic E-state index is 12.1. The molecular weight excluding hydrogens is 327 g/mol. The summed E-state index contributed by atoms with van der Waals surface area (Å²) in [5, 5.41) is 12.0. The third-order valence-electron chi connectivity index (χ3n) is 4.13. The zero-order chi connectivity index (χ0) is 17.8. The lowest BCUT2D eigenvalue weighted by atomic mass is 9.71. The summed E-state index contributed by atoms with van der Waals surface area (Å²) in [6, 6.07) is 4.70. The second-order valence-electron chi connectivity index (χ2n) is 5.94. The Hall–Kier alpha value is -2.25. The van der Waals surface area contributed by atoms with Gasteiger partial charge in [-0.05, 0) is 37.1 Å². The van der Waals surface area contributed by atoms with Crippen molar-refractivity contribution in [2.45, 2.75) is 44.9 Å². The Bertz CT molecular complexity index is 592. The summed E-state index contributed by atoms with van der Waals surface area (Å²) >= 11 is 0. The molecule has 2 N–H and O–H groups in total. The van der Waals surface area contributed by atoms with Crippen LogP contribution in [-0.4, -0.2) is 23.3 Å². The molecule has 1 fully saturated rings. The average molecular weight is 345 g/mol. The van der Waals surface area contributed by atoms with Crippen molar-refractivity contribution < 1.29 is 32.6 Å². The number of hydrogen-bond acceptors (Lipinski definition) is 3. The van der Waals surface area contributed by atoms with E-state index in [1.165, 1.54) is 12.1 Å². The zero-order valence-corrected chi connectivity index (χ0v) is 12.9. The van der Waals surface area contributed by atoms with Gasteiger partial charge in [0.2, 0.25) is 5.91 Å². The molecule has 0 saturated heterocycles. The number of rotatable bonds is 5. The lowest BCUT2D eigenvalue weighted by Gasteiger charge is -2.32. The second kappa shape index (κ2) is 7.11. The highest BCUT2D eigenvalue weighted by Crippen LogP contribution is 2.39. The van der Waals surface area contributed by atoms with Crippen LogP contribution >= 0.6 is 0 Å². The van der Waals surface area contributed by atoms with E-state index in [1.807, 2.05) is 0 Å². The van der Waals surface area contributed by atoms with Crippen LogP contribution < -0.4 is 10.1 Å². The van der Waals surface area contributed by atoms with E-state index in [1.54, 1.807) is 0 Å². The summed E-state index contributed by atoms with van der Waals surface area (Å²) in [5.41, 5.74) is -0.771. The van der Waals surface area contributed by atoms with Crippen molar-refractivity contribution in [3.63, 3.8) is 0 Å². The van der Waals surface area contributed by atoms with Crippen LogP contribution in [-0.2, 0) is 9.59 Å². The Kier molecular flexibility index (Phi) is 5.36. The van der Waals surface area contributed by atoms with Crippen LogP contribution in [0.2, 0.25) is 0 Å². The van der Waals surface area contributed by atoms with Gasteiger partial charge >= 0.3 is 12.3 Å². The molecular formula is C16H18F3NO4. The van der Waals surface area contributed by atoms with Crippen LogP contribution in [0.3, 0.4) is 0 Å². The largest absolute Gasteiger partial charge is 0.573 e. The molecule has 0 atom stereocenters. The molecule has 1 aromatic rings. The smallest absolute Gasteiger partial charge is 0.481 e. The molecule has 0 spiro atoms. The van der Waals surface area contributed by atoms with Gasteiger partial charge in [0.05, 0.1) is 5.41 Å². The highest BCUT2D eigenvalue weighted by atomic mass is 19.4. The van der Waals surface area contributed by atoms with Crippen molar-refractivity contribution >= 4 is 17.6 Å². The molecule has 24 heavy (non-hydrogen) atoms. The topological polar surface area (TPSA) is 75.6 Å². The zero-order valence-electron chi connectivity index (χ0n) is 12.9. The van der Waals surface area contributed by atoms with E-state index in [9.17, 15) is 27.9 Å². The number of halogens is 3. The van der Waals surface area contributed by atoms with Crippen molar-refractivity contribution in [3.8, 4) is 5.75 Å². The quantitative estimate of drug-likeness (QED) is 0.847. The summed E-state index contributed by atoms with van der Waals surface area (Å²) in [4.78, 5) is 23.7.